The van der Waals surface area contributed by atoms with Gasteiger partial charge in [-0.3, -0.25) is 14.6 Å². The zero-order valence-electron chi connectivity index (χ0n) is 8.38. The molecule has 1 N–H and O–H groups in total. The van der Waals surface area contributed by atoms with Crippen LogP contribution >= 0.6 is 0 Å². The third-order valence-corrected chi connectivity index (χ3v) is 2.26. The molecule has 0 aliphatic heterocycles. The van der Waals surface area contributed by atoms with Crippen LogP contribution in [0.5, 0.6) is 0 Å². The summed E-state index contributed by atoms with van der Waals surface area (Å²) in [4.78, 5) is 26.2. The molecule has 2 aromatic rings. The van der Waals surface area contributed by atoms with Gasteiger partial charge in [-0.05, 0) is 12.1 Å². The Morgan fingerprint density at radius 3 is 2.75 bits per heavy atom. The van der Waals surface area contributed by atoms with Crippen LogP contribution < -0.4 is 0 Å². The summed E-state index contributed by atoms with van der Waals surface area (Å²) in [6.07, 6.45) is 1.14. The van der Waals surface area contributed by atoms with E-state index in [0.29, 0.717) is 16.5 Å². The second kappa shape index (κ2) is 4.10. The average Bonchev–Trinajstić information content (AvgIpc) is 2.27. The smallest absolute Gasteiger partial charge is 0.311 e. The third-order valence-electron chi connectivity index (χ3n) is 2.26. The first kappa shape index (κ1) is 10.3. The van der Waals surface area contributed by atoms with Gasteiger partial charge in [0.2, 0.25) is 0 Å². The second-order valence-corrected chi connectivity index (χ2v) is 3.37. The number of hydrogen-bond donors (Lipinski definition) is 1. The van der Waals surface area contributed by atoms with Crippen LogP contribution in [-0.2, 0) is 4.79 Å². The van der Waals surface area contributed by atoms with Gasteiger partial charge in [-0.15, -0.1) is 0 Å². The first-order valence-corrected chi connectivity index (χ1v) is 4.77. The van der Waals surface area contributed by atoms with Crippen LogP contribution in [0.1, 0.15) is 16.8 Å². The minimum Gasteiger partial charge on any atom is -0.481 e. The Morgan fingerprint density at radius 2 is 2.00 bits per heavy atom. The van der Waals surface area contributed by atoms with Crippen molar-refractivity contribution in [2.24, 2.45) is 0 Å². The Hall–Kier alpha value is -2.23. The van der Waals surface area contributed by atoms with E-state index in [-0.39, 0.29) is 0 Å². The van der Waals surface area contributed by atoms with E-state index >= 15 is 0 Å². The van der Waals surface area contributed by atoms with Crippen LogP contribution in [0.2, 0.25) is 0 Å². The molecule has 0 atom stereocenters. The largest absolute Gasteiger partial charge is 0.481 e. The fourth-order valence-electron chi connectivity index (χ4n) is 1.58. The van der Waals surface area contributed by atoms with Crippen LogP contribution in [0.25, 0.3) is 10.9 Å². The number of hydrogen-bond acceptors (Lipinski definition) is 3. The molecular weight excluding hydrogens is 206 g/mol. The normalized spacial score (nSPS) is 10.2. The number of aromatic nitrogens is 1. The van der Waals surface area contributed by atoms with Crippen molar-refractivity contribution < 1.29 is 14.7 Å². The molecule has 0 fully saturated rings. The zero-order chi connectivity index (χ0) is 11.5. The van der Waals surface area contributed by atoms with E-state index in [1.165, 1.54) is 0 Å². The molecule has 0 aliphatic carbocycles. The van der Waals surface area contributed by atoms with Gasteiger partial charge >= 0.3 is 5.97 Å². The van der Waals surface area contributed by atoms with E-state index in [9.17, 15) is 9.59 Å². The highest BCUT2D eigenvalue weighted by Gasteiger charge is 2.13. The van der Waals surface area contributed by atoms with Gasteiger partial charge in [-0.25, -0.2) is 0 Å². The quantitative estimate of drug-likeness (QED) is 0.627. The number of nitrogens with zero attached hydrogens (tertiary/aromatic N) is 1. The highest BCUT2D eigenvalue weighted by Crippen LogP contribution is 2.17. The lowest BCUT2D eigenvalue weighted by Gasteiger charge is -2.02. The van der Waals surface area contributed by atoms with Gasteiger partial charge in [0.05, 0.1) is 5.52 Å². The van der Waals surface area contributed by atoms with E-state index < -0.39 is 18.2 Å². The summed E-state index contributed by atoms with van der Waals surface area (Å²) in [5.74, 6) is -1.52. The number of pyridine rings is 1. The summed E-state index contributed by atoms with van der Waals surface area (Å²) >= 11 is 0. The number of carboxylic acids is 1. The molecule has 1 aromatic heterocycles. The number of benzene rings is 1. The number of carbonyl (C=O) groups excluding carboxylic acids is 1. The maximum atomic E-state index is 11.7. The monoisotopic (exact) mass is 215 g/mol. The topological polar surface area (TPSA) is 67.3 Å². The van der Waals surface area contributed by atoms with Crippen LogP contribution in [-0.4, -0.2) is 21.8 Å². The molecule has 4 nitrogen and oxygen atoms in total. The van der Waals surface area contributed by atoms with Crippen LogP contribution in [0, 0.1) is 0 Å². The van der Waals surface area contributed by atoms with E-state index in [4.69, 9.17) is 5.11 Å². The van der Waals surface area contributed by atoms with E-state index in [2.05, 4.69) is 4.98 Å². The summed E-state index contributed by atoms with van der Waals surface area (Å²) in [7, 11) is 0. The molecule has 0 unspecified atom stereocenters. The van der Waals surface area contributed by atoms with Crippen molar-refractivity contribution in [1.29, 1.82) is 0 Å². The molecule has 16 heavy (non-hydrogen) atoms. The Labute approximate surface area is 91.5 Å². The molecule has 1 heterocycles. The summed E-state index contributed by atoms with van der Waals surface area (Å²) in [5, 5.41) is 9.27. The van der Waals surface area contributed by atoms with Crippen LogP contribution in [0.4, 0.5) is 0 Å². The fraction of sp³-hybridized carbons (Fsp3) is 0.0833. The maximum absolute atomic E-state index is 11.7. The first-order valence-electron chi connectivity index (χ1n) is 4.77. The number of Topliss-reactive ketones (excluding diaryl/α,β-unsaturated/α-hetero) is 1. The summed E-state index contributed by atoms with van der Waals surface area (Å²) in [5.41, 5.74) is 1.10. The molecule has 1 aromatic carbocycles. The summed E-state index contributed by atoms with van der Waals surface area (Å²) in [6, 6.07) is 8.59. The third kappa shape index (κ3) is 1.91. The molecule has 0 saturated carbocycles. The Balaban J connectivity index is 2.52. The molecule has 80 valence electrons. The number of fused-ring (bicyclic) bond motifs is 1. The lowest BCUT2D eigenvalue weighted by atomic mass is 10.0. The zero-order valence-corrected chi connectivity index (χ0v) is 8.38. The molecule has 0 aliphatic rings. The molecule has 0 radical (unpaired) electrons. The highest BCUT2D eigenvalue weighted by atomic mass is 16.4. The van der Waals surface area contributed by atoms with Gasteiger partial charge in [-0.1, -0.05) is 18.2 Å². The standard InChI is InChI=1S/C12H9NO3/c14-11(7-12(15)16)9-3-1-5-10-8(9)4-2-6-13-10/h1-6H,7H2,(H,15,16). The Kier molecular flexibility index (Phi) is 2.64. The lowest BCUT2D eigenvalue weighted by molar-refractivity contribution is -0.135. The van der Waals surface area contributed by atoms with E-state index in [1.807, 2.05) is 0 Å². The number of carboxylic acid groups (broad SMARTS) is 1. The number of ketones is 1. The van der Waals surface area contributed by atoms with Gasteiger partial charge in [0.1, 0.15) is 6.42 Å². The van der Waals surface area contributed by atoms with Gasteiger partial charge in [0.15, 0.2) is 5.78 Å². The molecule has 4 heteroatoms. The van der Waals surface area contributed by atoms with Gasteiger partial charge in [-0.2, -0.15) is 0 Å². The van der Waals surface area contributed by atoms with E-state index in [1.54, 1.807) is 36.5 Å². The lowest BCUT2D eigenvalue weighted by Crippen LogP contribution is -2.07. The van der Waals surface area contributed by atoms with Crippen molar-refractivity contribution in [1.82, 2.24) is 4.98 Å². The minimum atomic E-state index is -1.12. The Morgan fingerprint density at radius 1 is 1.19 bits per heavy atom. The van der Waals surface area contributed by atoms with Gasteiger partial charge in [0, 0.05) is 17.1 Å². The molecule has 0 spiro atoms. The maximum Gasteiger partial charge on any atom is 0.311 e. The van der Waals surface area contributed by atoms with Gasteiger partial charge < -0.3 is 5.11 Å². The number of carbonyl (C=O) groups is 2. The van der Waals surface area contributed by atoms with Crippen molar-refractivity contribution in [2.75, 3.05) is 0 Å². The summed E-state index contributed by atoms with van der Waals surface area (Å²) in [6.45, 7) is 0. The van der Waals surface area contributed by atoms with Gasteiger partial charge in [0.25, 0.3) is 0 Å². The molecule has 0 saturated heterocycles. The summed E-state index contributed by atoms with van der Waals surface area (Å²) < 4.78 is 0. The molecule has 0 amide bonds. The van der Waals surface area contributed by atoms with E-state index in [0.717, 1.165) is 0 Å². The van der Waals surface area contributed by atoms with Crippen molar-refractivity contribution in [3.63, 3.8) is 0 Å². The number of rotatable bonds is 3. The Bertz CT molecular complexity index is 558. The molecule has 2 rings (SSSR count). The molecule has 0 bridgehead atoms. The fourth-order valence-corrected chi connectivity index (χ4v) is 1.58. The predicted octanol–water partition coefficient (Wildman–Crippen LogP) is 1.89. The number of aliphatic carboxylic acids is 1. The minimum absolute atomic E-state index is 0.397. The van der Waals surface area contributed by atoms with Crippen molar-refractivity contribution in [3.05, 3.63) is 42.1 Å². The SMILES string of the molecule is O=C(O)CC(=O)c1cccc2ncccc12. The van der Waals surface area contributed by atoms with Crippen LogP contribution in [0.15, 0.2) is 36.5 Å². The van der Waals surface area contributed by atoms with Crippen molar-refractivity contribution >= 4 is 22.7 Å². The first-order chi connectivity index (χ1) is 7.68. The van der Waals surface area contributed by atoms with Crippen molar-refractivity contribution in [3.8, 4) is 0 Å². The second-order valence-electron chi connectivity index (χ2n) is 3.37. The van der Waals surface area contributed by atoms with Crippen molar-refractivity contribution in [2.45, 2.75) is 6.42 Å². The highest BCUT2D eigenvalue weighted by molar-refractivity contribution is 6.12. The molecular formula is C12H9NO3. The predicted molar refractivity (Wildman–Crippen MR) is 58.3 cm³/mol. The average molecular weight is 215 g/mol. The van der Waals surface area contributed by atoms with Crippen LogP contribution in [0.3, 0.4) is 0 Å².